The number of carboxylic acid groups (broad SMARTS) is 1. The molecule has 0 saturated carbocycles. The normalized spacial score (nSPS) is 10.3. The maximum absolute atomic E-state index is 13.0. The van der Waals surface area contributed by atoms with Crippen LogP contribution in [0.25, 0.3) is 0 Å². The number of aromatic nitrogens is 1. The summed E-state index contributed by atoms with van der Waals surface area (Å²) < 4.78 is 19.0. The molecule has 2 aromatic rings. The molecule has 0 spiro atoms. The molecule has 0 unspecified atom stereocenters. The molecule has 7 heteroatoms. The average molecular weight is 347 g/mol. The first kappa shape index (κ1) is 13.8. The maximum Gasteiger partial charge on any atom is 0.339 e. The summed E-state index contributed by atoms with van der Waals surface area (Å²) in [4.78, 5) is 14.9. The molecular weight excluding hydrogens is 340 g/mol. The van der Waals surface area contributed by atoms with Gasteiger partial charge >= 0.3 is 5.97 Å². The lowest BCUT2D eigenvalue weighted by molar-refractivity contribution is 0.0693. The lowest BCUT2D eigenvalue weighted by atomic mass is 10.2. The van der Waals surface area contributed by atoms with Crippen molar-refractivity contribution in [2.45, 2.75) is 0 Å². The third-order valence-corrected chi connectivity index (χ3v) is 2.86. The molecule has 19 heavy (non-hydrogen) atoms. The molecule has 0 aliphatic rings. The fourth-order valence-electron chi connectivity index (χ4n) is 1.34. The Labute approximate surface area is 120 Å². The second-order valence-electron chi connectivity index (χ2n) is 3.49. The topological polar surface area (TPSA) is 59.4 Å². The van der Waals surface area contributed by atoms with Crippen LogP contribution in [0.15, 0.2) is 34.9 Å². The summed E-state index contributed by atoms with van der Waals surface area (Å²) in [5.74, 6) is -1.97. The molecular formula is C12H6BrClFNO3. The molecule has 0 aliphatic heterocycles. The lowest BCUT2D eigenvalue weighted by Gasteiger charge is -2.09. The minimum absolute atomic E-state index is 0.0365. The van der Waals surface area contributed by atoms with Gasteiger partial charge in [-0.1, -0.05) is 11.6 Å². The van der Waals surface area contributed by atoms with Crippen molar-refractivity contribution in [3.05, 3.63) is 51.3 Å². The highest BCUT2D eigenvalue weighted by molar-refractivity contribution is 9.10. The number of nitrogens with zero attached hydrogens (tertiary/aromatic N) is 1. The summed E-state index contributed by atoms with van der Waals surface area (Å²) in [5, 5.41) is 9.18. The summed E-state index contributed by atoms with van der Waals surface area (Å²) >= 11 is 9.09. The average Bonchev–Trinajstić information content (AvgIpc) is 2.34. The van der Waals surface area contributed by atoms with Crippen molar-refractivity contribution < 1.29 is 19.0 Å². The van der Waals surface area contributed by atoms with Gasteiger partial charge in [0, 0.05) is 10.7 Å². The Bertz CT molecular complexity index is 651. The Morgan fingerprint density at radius 2 is 2.16 bits per heavy atom. The predicted molar refractivity (Wildman–Crippen MR) is 70.4 cm³/mol. The van der Waals surface area contributed by atoms with E-state index in [1.165, 1.54) is 12.3 Å². The van der Waals surface area contributed by atoms with Crippen molar-refractivity contribution >= 4 is 33.5 Å². The number of ether oxygens (including phenoxy) is 1. The first-order valence-corrected chi connectivity index (χ1v) is 6.16. The third kappa shape index (κ3) is 3.21. The van der Waals surface area contributed by atoms with Crippen LogP contribution in [0, 0.1) is 5.82 Å². The van der Waals surface area contributed by atoms with Crippen molar-refractivity contribution in [2.24, 2.45) is 0 Å². The van der Waals surface area contributed by atoms with Crippen LogP contribution in [0.3, 0.4) is 0 Å². The molecule has 0 atom stereocenters. The van der Waals surface area contributed by atoms with Crippen molar-refractivity contribution in [1.29, 1.82) is 0 Å². The van der Waals surface area contributed by atoms with E-state index in [1.807, 2.05) is 0 Å². The zero-order chi connectivity index (χ0) is 14.0. The van der Waals surface area contributed by atoms with Crippen molar-refractivity contribution in [1.82, 2.24) is 4.98 Å². The standard InChI is InChI=1S/C12H6BrClFNO3/c13-6-3-9(14)11(16-5-6)19-10-2-1-7(15)4-8(10)12(17)18/h1-5H,(H,17,18). The number of pyridine rings is 1. The SMILES string of the molecule is O=C(O)c1cc(F)ccc1Oc1ncc(Br)cc1Cl. The van der Waals surface area contributed by atoms with Gasteiger partial charge < -0.3 is 9.84 Å². The predicted octanol–water partition coefficient (Wildman–Crippen LogP) is 4.13. The molecule has 1 N–H and O–H groups in total. The largest absolute Gasteiger partial charge is 0.478 e. The van der Waals surface area contributed by atoms with Crippen molar-refractivity contribution in [3.8, 4) is 11.6 Å². The molecule has 0 aliphatic carbocycles. The molecule has 0 fully saturated rings. The van der Waals surface area contributed by atoms with Crippen molar-refractivity contribution in [2.75, 3.05) is 0 Å². The molecule has 0 radical (unpaired) electrons. The molecule has 2 rings (SSSR count). The Morgan fingerprint density at radius 3 is 2.79 bits per heavy atom. The number of hydrogen-bond acceptors (Lipinski definition) is 3. The molecule has 0 amide bonds. The van der Waals surface area contributed by atoms with Crippen molar-refractivity contribution in [3.63, 3.8) is 0 Å². The summed E-state index contributed by atoms with van der Waals surface area (Å²) in [6, 6.07) is 4.71. The maximum atomic E-state index is 13.0. The van der Waals surface area contributed by atoms with E-state index in [-0.39, 0.29) is 22.2 Å². The van der Waals surface area contributed by atoms with Gasteiger partial charge in [-0.3, -0.25) is 0 Å². The fourth-order valence-corrected chi connectivity index (χ4v) is 2.01. The van der Waals surface area contributed by atoms with Crippen LogP contribution in [-0.4, -0.2) is 16.1 Å². The minimum atomic E-state index is -1.30. The van der Waals surface area contributed by atoms with E-state index < -0.39 is 11.8 Å². The van der Waals surface area contributed by atoms with Gasteiger partial charge in [0.2, 0.25) is 5.88 Å². The van der Waals surface area contributed by atoms with Gasteiger partial charge in [0.25, 0.3) is 0 Å². The molecule has 1 aromatic carbocycles. The minimum Gasteiger partial charge on any atom is -0.478 e. The smallest absolute Gasteiger partial charge is 0.339 e. The quantitative estimate of drug-likeness (QED) is 0.908. The lowest BCUT2D eigenvalue weighted by Crippen LogP contribution is -2.01. The highest BCUT2D eigenvalue weighted by Crippen LogP contribution is 2.31. The van der Waals surface area contributed by atoms with Gasteiger partial charge in [-0.15, -0.1) is 0 Å². The zero-order valence-corrected chi connectivity index (χ0v) is 11.6. The molecule has 0 saturated heterocycles. The summed E-state index contributed by atoms with van der Waals surface area (Å²) in [7, 11) is 0. The van der Waals surface area contributed by atoms with Crippen LogP contribution in [0.1, 0.15) is 10.4 Å². The van der Waals surface area contributed by atoms with Crippen LogP contribution >= 0.6 is 27.5 Å². The fraction of sp³-hybridized carbons (Fsp3) is 0. The Hall–Kier alpha value is -1.66. The van der Waals surface area contributed by atoms with Gasteiger partial charge in [-0.25, -0.2) is 14.2 Å². The molecule has 1 aromatic heterocycles. The highest BCUT2D eigenvalue weighted by Gasteiger charge is 2.15. The van der Waals surface area contributed by atoms with Gasteiger partial charge in [-0.05, 0) is 40.2 Å². The van der Waals surface area contributed by atoms with Crippen LogP contribution < -0.4 is 4.74 Å². The van der Waals surface area contributed by atoms with E-state index >= 15 is 0 Å². The Morgan fingerprint density at radius 1 is 1.42 bits per heavy atom. The molecule has 0 bridgehead atoms. The van der Waals surface area contributed by atoms with E-state index in [9.17, 15) is 9.18 Å². The van der Waals surface area contributed by atoms with E-state index in [0.717, 1.165) is 12.1 Å². The van der Waals surface area contributed by atoms with Crippen LogP contribution in [0.2, 0.25) is 5.02 Å². The molecule has 1 heterocycles. The molecule has 98 valence electrons. The van der Waals surface area contributed by atoms with Crippen LogP contribution in [0.5, 0.6) is 11.6 Å². The Kier molecular flexibility index (Phi) is 4.01. The number of aromatic carboxylic acids is 1. The summed E-state index contributed by atoms with van der Waals surface area (Å²) in [5.41, 5.74) is -0.305. The molecule has 4 nitrogen and oxygen atoms in total. The van der Waals surface area contributed by atoms with E-state index in [1.54, 1.807) is 6.07 Å². The third-order valence-electron chi connectivity index (χ3n) is 2.15. The Balaban J connectivity index is 2.40. The number of benzene rings is 1. The summed E-state index contributed by atoms with van der Waals surface area (Å²) in [6.45, 7) is 0. The van der Waals surface area contributed by atoms with Gasteiger partial charge in [0.1, 0.15) is 22.2 Å². The van der Waals surface area contributed by atoms with Gasteiger partial charge in [-0.2, -0.15) is 0 Å². The van der Waals surface area contributed by atoms with E-state index in [0.29, 0.717) is 4.47 Å². The van der Waals surface area contributed by atoms with Crippen LogP contribution in [0.4, 0.5) is 4.39 Å². The first-order chi connectivity index (χ1) is 8.97. The second-order valence-corrected chi connectivity index (χ2v) is 4.81. The number of rotatable bonds is 3. The van der Waals surface area contributed by atoms with Gasteiger partial charge in [0.05, 0.1) is 0 Å². The number of halogens is 3. The van der Waals surface area contributed by atoms with E-state index in [4.69, 9.17) is 21.4 Å². The number of carboxylic acids is 1. The van der Waals surface area contributed by atoms with E-state index in [2.05, 4.69) is 20.9 Å². The summed E-state index contributed by atoms with van der Waals surface area (Å²) in [6.07, 6.45) is 1.45. The second kappa shape index (κ2) is 5.54. The highest BCUT2D eigenvalue weighted by atomic mass is 79.9. The monoisotopic (exact) mass is 345 g/mol. The zero-order valence-electron chi connectivity index (χ0n) is 9.23. The van der Waals surface area contributed by atoms with Crippen LogP contribution in [-0.2, 0) is 0 Å². The number of carbonyl (C=O) groups is 1. The first-order valence-electron chi connectivity index (χ1n) is 4.99. The number of hydrogen-bond donors (Lipinski definition) is 1. The van der Waals surface area contributed by atoms with Gasteiger partial charge in [0.15, 0.2) is 0 Å².